The van der Waals surface area contributed by atoms with Gasteiger partial charge in [0.05, 0.1) is 13.2 Å². The number of aliphatic hydroxyl groups is 2. The largest absolute Gasteiger partial charge is 0.395 e. The van der Waals surface area contributed by atoms with Gasteiger partial charge in [-0.05, 0) is 25.9 Å². The molecule has 0 aliphatic carbocycles. The molecule has 134 valence electrons. The Balaban J connectivity index is 4.05. The predicted molar refractivity (Wildman–Crippen MR) is 95.3 cm³/mol. The first-order valence-corrected chi connectivity index (χ1v) is 9.44. The molecule has 2 N–H and O–H groups in total. The maximum absolute atomic E-state index is 9.09. The van der Waals surface area contributed by atoms with Crippen molar-refractivity contribution in [1.82, 2.24) is 9.80 Å². The Morgan fingerprint density at radius 3 is 1.27 bits per heavy atom. The molecule has 0 aromatic carbocycles. The summed E-state index contributed by atoms with van der Waals surface area (Å²) in [5.41, 5.74) is 0. The zero-order valence-electron chi connectivity index (χ0n) is 15.1. The molecule has 0 aromatic rings. The molecule has 0 aliphatic heterocycles. The Bertz CT molecular complexity index is 197. The van der Waals surface area contributed by atoms with Gasteiger partial charge in [-0.15, -0.1) is 0 Å². The van der Waals surface area contributed by atoms with Crippen molar-refractivity contribution in [3.05, 3.63) is 0 Å². The van der Waals surface area contributed by atoms with E-state index >= 15 is 0 Å². The van der Waals surface area contributed by atoms with Gasteiger partial charge in [0.25, 0.3) is 0 Å². The van der Waals surface area contributed by atoms with E-state index < -0.39 is 0 Å². The molecule has 0 saturated carbocycles. The topological polar surface area (TPSA) is 46.9 Å². The Kier molecular flexibility index (Phi) is 17.1. The summed E-state index contributed by atoms with van der Waals surface area (Å²) < 4.78 is 0. The molecule has 0 spiro atoms. The number of nitrogens with zero attached hydrogens (tertiary/aromatic N) is 2. The average Bonchev–Trinajstić information content (AvgIpc) is 2.52. The Labute approximate surface area is 138 Å². The van der Waals surface area contributed by atoms with Crippen molar-refractivity contribution < 1.29 is 10.2 Å². The van der Waals surface area contributed by atoms with E-state index in [0.717, 1.165) is 13.1 Å². The molecule has 4 nitrogen and oxygen atoms in total. The highest BCUT2D eigenvalue weighted by Gasteiger charge is 2.08. The first-order chi connectivity index (χ1) is 10.8. The van der Waals surface area contributed by atoms with Crippen molar-refractivity contribution in [3.63, 3.8) is 0 Å². The van der Waals surface area contributed by atoms with Crippen LogP contribution in [0.25, 0.3) is 0 Å². The lowest BCUT2D eigenvalue weighted by Crippen LogP contribution is -2.38. The maximum atomic E-state index is 9.09. The molecule has 4 heteroatoms. The highest BCUT2D eigenvalue weighted by Crippen LogP contribution is 2.05. The molecule has 0 aromatic heterocycles. The van der Waals surface area contributed by atoms with Gasteiger partial charge in [0.2, 0.25) is 0 Å². The van der Waals surface area contributed by atoms with Crippen molar-refractivity contribution in [2.45, 2.75) is 65.2 Å². The van der Waals surface area contributed by atoms with Gasteiger partial charge in [-0.3, -0.25) is 4.90 Å². The molecule has 0 atom stereocenters. The molecule has 0 unspecified atom stereocenters. The molecule has 0 radical (unpaired) electrons. The molecule has 22 heavy (non-hydrogen) atoms. The van der Waals surface area contributed by atoms with Gasteiger partial charge in [-0.2, -0.15) is 0 Å². The lowest BCUT2D eigenvalue weighted by Gasteiger charge is -2.27. The van der Waals surface area contributed by atoms with Crippen LogP contribution in [0.2, 0.25) is 0 Å². The van der Waals surface area contributed by atoms with Crippen molar-refractivity contribution in [2.75, 3.05) is 52.5 Å². The smallest absolute Gasteiger partial charge is 0.0558 e. The van der Waals surface area contributed by atoms with Crippen LogP contribution in [-0.4, -0.2) is 72.5 Å². The van der Waals surface area contributed by atoms with E-state index in [-0.39, 0.29) is 13.2 Å². The van der Waals surface area contributed by atoms with Gasteiger partial charge in [0.15, 0.2) is 0 Å². The molecule has 0 saturated heterocycles. The van der Waals surface area contributed by atoms with Crippen LogP contribution < -0.4 is 0 Å². The van der Waals surface area contributed by atoms with Crippen LogP contribution in [0.5, 0.6) is 0 Å². The van der Waals surface area contributed by atoms with E-state index in [0.29, 0.717) is 13.1 Å². The Morgan fingerprint density at radius 2 is 0.909 bits per heavy atom. The third-order valence-corrected chi connectivity index (χ3v) is 4.22. The maximum Gasteiger partial charge on any atom is 0.0558 e. The number of unbranched alkanes of at least 4 members (excludes halogenated alkanes) is 6. The number of hydrogen-bond acceptors (Lipinski definition) is 4. The van der Waals surface area contributed by atoms with Gasteiger partial charge in [-0.25, -0.2) is 0 Å². The van der Waals surface area contributed by atoms with Crippen LogP contribution in [0.15, 0.2) is 0 Å². The van der Waals surface area contributed by atoms with Crippen LogP contribution in [-0.2, 0) is 0 Å². The minimum Gasteiger partial charge on any atom is -0.395 e. The van der Waals surface area contributed by atoms with Crippen LogP contribution >= 0.6 is 0 Å². The summed E-state index contributed by atoms with van der Waals surface area (Å²) in [7, 11) is 0. The minimum atomic E-state index is 0.174. The molecule has 0 fully saturated rings. The fourth-order valence-corrected chi connectivity index (χ4v) is 2.76. The third-order valence-electron chi connectivity index (χ3n) is 4.22. The van der Waals surface area contributed by atoms with Crippen LogP contribution in [0.4, 0.5) is 0 Å². The van der Waals surface area contributed by atoms with Crippen LogP contribution in [0.3, 0.4) is 0 Å². The number of rotatable bonds is 17. The summed E-state index contributed by atoms with van der Waals surface area (Å²) >= 11 is 0. The molecular formula is C18H40N2O2. The average molecular weight is 317 g/mol. The van der Waals surface area contributed by atoms with Gasteiger partial charge >= 0.3 is 0 Å². The second-order valence-electron chi connectivity index (χ2n) is 6.25. The number of aliphatic hydroxyl groups excluding tert-OH is 2. The summed E-state index contributed by atoms with van der Waals surface area (Å²) in [5.74, 6) is 0. The molecule has 0 bridgehead atoms. The monoisotopic (exact) mass is 316 g/mol. The van der Waals surface area contributed by atoms with Crippen molar-refractivity contribution in [1.29, 1.82) is 0 Å². The fraction of sp³-hybridized carbons (Fsp3) is 1.00. The predicted octanol–water partition coefficient (Wildman–Crippen LogP) is 2.74. The van der Waals surface area contributed by atoms with E-state index in [2.05, 4.69) is 23.6 Å². The molecular weight excluding hydrogens is 276 g/mol. The van der Waals surface area contributed by atoms with E-state index in [1.165, 1.54) is 64.5 Å². The normalized spacial score (nSPS) is 11.7. The summed E-state index contributed by atoms with van der Waals surface area (Å²) in [6.45, 7) is 10.6. The number of hydrogen-bond donors (Lipinski definition) is 2. The van der Waals surface area contributed by atoms with Crippen molar-refractivity contribution >= 4 is 0 Å². The van der Waals surface area contributed by atoms with Gasteiger partial charge in [0.1, 0.15) is 0 Å². The lowest BCUT2D eigenvalue weighted by atomic mass is 10.1. The second-order valence-corrected chi connectivity index (χ2v) is 6.25. The lowest BCUT2D eigenvalue weighted by molar-refractivity contribution is 0.141. The Morgan fingerprint density at radius 1 is 0.500 bits per heavy atom. The minimum absolute atomic E-state index is 0.174. The standard InChI is InChI=1S/C18H40N2O2/c1-3-5-7-9-11-19(12-10-8-6-4-2)13-14-20(15-17-21)16-18-22/h21-22H,3-18H2,1-2H3. The summed E-state index contributed by atoms with van der Waals surface area (Å²) in [6, 6.07) is 0. The van der Waals surface area contributed by atoms with E-state index in [1.54, 1.807) is 0 Å². The van der Waals surface area contributed by atoms with E-state index in [4.69, 9.17) is 10.2 Å². The van der Waals surface area contributed by atoms with Crippen LogP contribution in [0.1, 0.15) is 65.2 Å². The van der Waals surface area contributed by atoms with E-state index in [1.807, 2.05) is 0 Å². The quantitative estimate of drug-likeness (QED) is 0.405. The molecule has 0 aliphatic rings. The zero-order valence-corrected chi connectivity index (χ0v) is 15.1. The molecule has 0 amide bonds. The fourth-order valence-electron chi connectivity index (χ4n) is 2.76. The van der Waals surface area contributed by atoms with E-state index in [9.17, 15) is 0 Å². The highest BCUT2D eigenvalue weighted by molar-refractivity contribution is 4.64. The second kappa shape index (κ2) is 17.2. The molecule has 0 heterocycles. The molecule has 0 rings (SSSR count). The Hall–Kier alpha value is -0.160. The first-order valence-electron chi connectivity index (χ1n) is 9.44. The summed E-state index contributed by atoms with van der Waals surface area (Å²) in [5, 5.41) is 18.2. The highest BCUT2D eigenvalue weighted by atomic mass is 16.3. The SMILES string of the molecule is CCCCCCN(CCCCCC)CCN(CCO)CCO. The van der Waals surface area contributed by atoms with Crippen molar-refractivity contribution in [3.8, 4) is 0 Å². The van der Waals surface area contributed by atoms with Gasteiger partial charge in [-0.1, -0.05) is 52.4 Å². The third kappa shape index (κ3) is 13.5. The summed E-state index contributed by atoms with van der Waals surface area (Å²) in [6.07, 6.45) is 10.5. The zero-order chi connectivity index (χ0) is 16.5. The summed E-state index contributed by atoms with van der Waals surface area (Å²) in [4.78, 5) is 4.73. The van der Waals surface area contributed by atoms with Gasteiger partial charge in [0, 0.05) is 26.2 Å². The van der Waals surface area contributed by atoms with Crippen LogP contribution in [0, 0.1) is 0 Å². The first kappa shape index (κ1) is 21.8. The van der Waals surface area contributed by atoms with Gasteiger partial charge < -0.3 is 15.1 Å². The van der Waals surface area contributed by atoms with Crippen molar-refractivity contribution in [2.24, 2.45) is 0 Å².